The Labute approximate surface area is 169 Å². The van der Waals surface area contributed by atoms with Crippen LogP contribution in [0.3, 0.4) is 0 Å². The first kappa shape index (κ1) is 23.3. The van der Waals surface area contributed by atoms with E-state index in [9.17, 15) is 8.42 Å². The number of ether oxygens (including phenoxy) is 1. The Bertz CT molecular complexity index is 810. The van der Waals surface area contributed by atoms with Gasteiger partial charge in [0.15, 0.2) is 0 Å². The Hall–Kier alpha value is -1.76. The van der Waals surface area contributed by atoms with Crippen LogP contribution in [-0.4, -0.2) is 45.8 Å². The molecular weight excluding hydrogens is 384 g/mol. The molecule has 150 valence electrons. The Balaban J connectivity index is 0.00000364. The van der Waals surface area contributed by atoms with E-state index in [0.29, 0.717) is 5.69 Å². The van der Waals surface area contributed by atoms with Gasteiger partial charge in [-0.05, 0) is 56.6 Å². The smallest absolute Gasteiger partial charge is 0.229 e. The van der Waals surface area contributed by atoms with Crippen molar-refractivity contribution in [1.29, 1.82) is 0 Å². The van der Waals surface area contributed by atoms with Crippen molar-refractivity contribution in [2.24, 2.45) is 0 Å². The van der Waals surface area contributed by atoms with Crippen LogP contribution in [0.5, 0.6) is 5.75 Å². The number of benzene rings is 2. The van der Waals surface area contributed by atoms with Crippen molar-refractivity contribution < 1.29 is 13.2 Å². The number of hydrogen-bond acceptors (Lipinski definition) is 4. The molecule has 2 rings (SSSR count). The van der Waals surface area contributed by atoms with Gasteiger partial charge >= 0.3 is 0 Å². The van der Waals surface area contributed by atoms with E-state index < -0.39 is 10.0 Å². The molecule has 0 aliphatic carbocycles. The molecule has 0 saturated carbocycles. The molecule has 0 amide bonds. The predicted molar refractivity (Wildman–Crippen MR) is 115 cm³/mol. The average molecular weight is 413 g/mol. The van der Waals surface area contributed by atoms with Crippen molar-refractivity contribution in [2.45, 2.75) is 26.4 Å². The summed E-state index contributed by atoms with van der Waals surface area (Å²) in [5, 5.41) is 0. The molecule has 1 unspecified atom stereocenters. The van der Waals surface area contributed by atoms with Crippen molar-refractivity contribution in [2.75, 3.05) is 31.1 Å². The largest absolute Gasteiger partial charge is 0.489 e. The van der Waals surface area contributed by atoms with Crippen molar-refractivity contribution in [1.82, 2.24) is 4.90 Å². The van der Waals surface area contributed by atoms with Crippen LogP contribution in [0.15, 0.2) is 48.5 Å². The standard InChI is InChI=1S/C20H28N2O3S.ClH/c1-16-7-5-6-8-20(16)25-17(2)15-22(3)14-13-18-9-11-19(12-10-18)21-26(4,23)24;/h5-12,17,21H,13-15H2,1-4H3;1H. The first-order valence-corrected chi connectivity index (χ1v) is 10.6. The molecule has 0 bridgehead atoms. The van der Waals surface area contributed by atoms with E-state index >= 15 is 0 Å². The van der Waals surface area contributed by atoms with Gasteiger partial charge in [-0.1, -0.05) is 30.3 Å². The third kappa shape index (κ3) is 8.65. The third-order valence-electron chi connectivity index (χ3n) is 4.03. The summed E-state index contributed by atoms with van der Waals surface area (Å²) < 4.78 is 30.9. The zero-order valence-corrected chi connectivity index (χ0v) is 17.9. The summed E-state index contributed by atoms with van der Waals surface area (Å²) in [6, 6.07) is 15.5. The topological polar surface area (TPSA) is 58.6 Å². The molecule has 2 aromatic carbocycles. The normalized spacial score (nSPS) is 12.3. The highest BCUT2D eigenvalue weighted by Gasteiger charge is 2.10. The molecule has 0 saturated heterocycles. The van der Waals surface area contributed by atoms with Crippen LogP contribution in [0.2, 0.25) is 0 Å². The van der Waals surface area contributed by atoms with Crippen LogP contribution in [0.1, 0.15) is 18.1 Å². The number of sulfonamides is 1. The van der Waals surface area contributed by atoms with Crippen LogP contribution in [-0.2, 0) is 16.4 Å². The molecule has 27 heavy (non-hydrogen) atoms. The highest BCUT2D eigenvalue weighted by Crippen LogP contribution is 2.18. The number of para-hydroxylation sites is 1. The zero-order valence-electron chi connectivity index (χ0n) is 16.3. The molecule has 7 heteroatoms. The van der Waals surface area contributed by atoms with Crippen molar-refractivity contribution >= 4 is 28.1 Å². The van der Waals surface area contributed by atoms with Crippen molar-refractivity contribution in [3.63, 3.8) is 0 Å². The number of likely N-dealkylation sites (N-methyl/N-ethyl adjacent to an activating group) is 1. The lowest BCUT2D eigenvalue weighted by Gasteiger charge is -2.23. The molecular formula is C20H29ClN2O3S. The van der Waals surface area contributed by atoms with Gasteiger partial charge in [-0.2, -0.15) is 0 Å². The molecule has 2 aromatic rings. The van der Waals surface area contributed by atoms with E-state index in [-0.39, 0.29) is 18.5 Å². The summed E-state index contributed by atoms with van der Waals surface area (Å²) in [7, 11) is -1.15. The fourth-order valence-corrected chi connectivity index (χ4v) is 3.31. The van der Waals surface area contributed by atoms with Crippen LogP contribution >= 0.6 is 12.4 Å². The average Bonchev–Trinajstić information content (AvgIpc) is 2.55. The number of hydrogen-bond donors (Lipinski definition) is 1. The van der Waals surface area contributed by atoms with E-state index in [1.807, 2.05) is 43.3 Å². The molecule has 0 spiro atoms. The van der Waals surface area contributed by atoms with Crippen molar-refractivity contribution in [3.05, 3.63) is 59.7 Å². The summed E-state index contributed by atoms with van der Waals surface area (Å²) in [5.74, 6) is 0.933. The van der Waals surface area contributed by atoms with Gasteiger partial charge in [0, 0.05) is 18.8 Å². The molecule has 0 heterocycles. The highest BCUT2D eigenvalue weighted by atomic mass is 35.5. The number of nitrogens with one attached hydrogen (secondary N) is 1. The van der Waals surface area contributed by atoms with E-state index in [0.717, 1.165) is 37.1 Å². The van der Waals surface area contributed by atoms with Gasteiger partial charge in [-0.3, -0.25) is 4.72 Å². The van der Waals surface area contributed by atoms with Gasteiger partial charge in [0.1, 0.15) is 11.9 Å². The lowest BCUT2D eigenvalue weighted by Crippen LogP contribution is -2.32. The molecule has 0 aliphatic heterocycles. The molecule has 0 fully saturated rings. The summed E-state index contributed by atoms with van der Waals surface area (Å²) in [5.41, 5.74) is 2.90. The zero-order chi connectivity index (χ0) is 19.2. The van der Waals surface area contributed by atoms with E-state index in [2.05, 4.69) is 23.6 Å². The minimum atomic E-state index is -3.23. The first-order chi connectivity index (χ1) is 12.2. The van der Waals surface area contributed by atoms with Gasteiger partial charge in [0.05, 0.1) is 6.26 Å². The number of halogens is 1. The summed E-state index contributed by atoms with van der Waals surface area (Å²) in [6.45, 7) is 5.87. The van der Waals surface area contributed by atoms with Crippen LogP contribution in [0.25, 0.3) is 0 Å². The Morgan fingerprint density at radius 1 is 1.11 bits per heavy atom. The van der Waals surface area contributed by atoms with Gasteiger partial charge in [-0.15, -0.1) is 12.4 Å². The Morgan fingerprint density at radius 2 is 1.74 bits per heavy atom. The van der Waals surface area contributed by atoms with Gasteiger partial charge in [-0.25, -0.2) is 8.42 Å². The van der Waals surface area contributed by atoms with E-state index in [1.165, 1.54) is 5.56 Å². The minimum Gasteiger partial charge on any atom is -0.489 e. The van der Waals surface area contributed by atoms with Crippen molar-refractivity contribution in [3.8, 4) is 5.75 Å². The van der Waals surface area contributed by atoms with Gasteiger partial charge in [0.25, 0.3) is 0 Å². The molecule has 0 aromatic heterocycles. The third-order valence-corrected chi connectivity index (χ3v) is 4.64. The first-order valence-electron chi connectivity index (χ1n) is 8.70. The molecule has 1 N–H and O–H groups in total. The molecule has 0 radical (unpaired) electrons. The van der Waals surface area contributed by atoms with Crippen LogP contribution in [0.4, 0.5) is 5.69 Å². The van der Waals surface area contributed by atoms with Gasteiger partial charge in [0.2, 0.25) is 10.0 Å². The van der Waals surface area contributed by atoms with Gasteiger partial charge < -0.3 is 9.64 Å². The predicted octanol–water partition coefficient (Wildman–Crippen LogP) is 3.73. The maximum absolute atomic E-state index is 11.2. The van der Waals surface area contributed by atoms with Crippen LogP contribution < -0.4 is 9.46 Å². The number of anilines is 1. The lowest BCUT2D eigenvalue weighted by atomic mass is 10.1. The second kappa shape index (κ2) is 10.5. The molecule has 5 nitrogen and oxygen atoms in total. The van der Waals surface area contributed by atoms with Crippen LogP contribution in [0, 0.1) is 6.92 Å². The summed E-state index contributed by atoms with van der Waals surface area (Å²) in [6.07, 6.45) is 2.14. The number of rotatable bonds is 9. The fourth-order valence-electron chi connectivity index (χ4n) is 2.75. The highest BCUT2D eigenvalue weighted by molar-refractivity contribution is 7.92. The van der Waals surface area contributed by atoms with E-state index in [4.69, 9.17) is 4.74 Å². The number of nitrogens with zero attached hydrogens (tertiary/aromatic N) is 1. The minimum absolute atomic E-state index is 0. The molecule has 1 atom stereocenters. The summed E-state index contributed by atoms with van der Waals surface area (Å²) in [4.78, 5) is 2.24. The second-order valence-electron chi connectivity index (χ2n) is 6.78. The lowest BCUT2D eigenvalue weighted by molar-refractivity contribution is 0.162. The SMILES string of the molecule is Cc1ccccc1OC(C)CN(C)CCc1ccc(NS(C)(=O)=O)cc1.Cl. The Morgan fingerprint density at radius 3 is 2.33 bits per heavy atom. The Kier molecular flexibility index (Phi) is 9.09. The van der Waals surface area contributed by atoms with E-state index in [1.54, 1.807) is 12.1 Å². The maximum atomic E-state index is 11.2. The summed E-state index contributed by atoms with van der Waals surface area (Å²) >= 11 is 0. The molecule has 0 aliphatic rings. The fraction of sp³-hybridized carbons (Fsp3) is 0.400. The monoisotopic (exact) mass is 412 g/mol. The maximum Gasteiger partial charge on any atom is 0.229 e. The number of aryl methyl sites for hydroxylation is 1. The quantitative estimate of drug-likeness (QED) is 0.681. The second-order valence-corrected chi connectivity index (χ2v) is 8.53.